The van der Waals surface area contributed by atoms with Crippen LogP contribution in [0.5, 0.6) is 0 Å². The van der Waals surface area contributed by atoms with Crippen molar-refractivity contribution in [2.45, 2.75) is 25.0 Å². The Labute approximate surface area is 173 Å². The van der Waals surface area contributed by atoms with Gasteiger partial charge in [0.15, 0.2) is 11.6 Å². The van der Waals surface area contributed by atoms with Crippen LogP contribution < -0.4 is 0 Å². The van der Waals surface area contributed by atoms with Gasteiger partial charge < -0.3 is 9.63 Å². The number of aromatic nitrogens is 4. The molecule has 0 bridgehead atoms. The summed E-state index contributed by atoms with van der Waals surface area (Å²) < 4.78 is 62.8. The molecular weight excluding hydrogens is 416 g/mol. The fourth-order valence-corrected chi connectivity index (χ4v) is 3.40. The molecule has 0 fully saturated rings. The predicted octanol–water partition coefficient (Wildman–Crippen LogP) is 4.18. The van der Waals surface area contributed by atoms with Crippen LogP contribution in [-0.2, 0) is 12.1 Å². The van der Waals surface area contributed by atoms with Crippen molar-refractivity contribution in [3.05, 3.63) is 89.7 Å². The van der Waals surface area contributed by atoms with Crippen LogP contribution in [0.2, 0.25) is 0 Å². The van der Waals surface area contributed by atoms with Gasteiger partial charge in [-0.15, -0.1) is 0 Å². The van der Waals surface area contributed by atoms with Gasteiger partial charge in [0.25, 0.3) is 0 Å². The van der Waals surface area contributed by atoms with Gasteiger partial charge in [-0.3, -0.25) is 0 Å². The number of hydrogen-bond acceptors (Lipinski definition) is 5. The number of nitrogens with zero attached hydrogens (tertiary/aromatic N) is 4. The van der Waals surface area contributed by atoms with Crippen LogP contribution in [0.1, 0.15) is 24.2 Å². The molecule has 160 valence electrons. The zero-order chi connectivity index (χ0) is 22.2. The van der Waals surface area contributed by atoms with Crippen molar-refractivity contribution in [2.24, 2.45) is 0 Å². The van der Waals surface area contributed by atoms with Gasteiger partial charge in [-0.25, -0.2) is 27.2 Å². The lowest BCUT2D eigenvalue weighted by Crippen LogP contribution is -2.38. The van der Waals surface area contributed by atoms with E-state index in [1.165, 1.54) is 42.5 Å². The Balaban J connectivity index is 1.78. The van der Waals surface area contributed by atoms with Crippen molar-refractivity contribution in [2.75, 3.05) is 0 Å². The van der Waals surface area contributed by atoms with Gasteiger partial charge in [-0.1, -0.05) is 18.1 Å². The molecule has 2 aromatic carbocycles. The molecule has 0 radical (unpaired) electrons. The van der Waals surface area contributed by atoms with Crippen LogP contribution in [0.3, 0.4) is 0 Å². The fraction of sp³-hybridized carbons (Fsp3) is 0.190. The first-order valence-corrected chi connectivity index (χ1v) is 9.21. The molecule has 0 aliphatic carbocycles. The van der Waals surface area contributed by atoms with Gasteiger partial charge in [-0.05, 0) is 30.3 Å². The van der Waals surface area contributed by atoms with E-state index in [-0.39, 0.29) is 29.1 Å². The second kappa shape index (κ2) is 7.95. The Kier molecular flexibility index (Phi) is 5.32. The molecule has 0 saturated heterocycles. The minimum atomic E-state index is -2.04. The molecule has 6 nitrogen and oxygen atoms in total. The molecule has 2 atom stereocenters. The average molecular weight is 432 g/mol. The molecule has 0 spiro atoms. The van der Waals surface area contributed by atoms with E-state index < -0.39 is 34.8 Å². The second-order valence-electron chi connectivity index (χ2n) is 7.08. The number of aliphatic hydroxyl groups is 1. The van der Waals surface area contributed by atoms with Crippen LogP contribution >= 0.6 is 0 Å². The second-order valence-corrected chi connectivity index (χ2v) is 7.08. The highest BCUT2D eigenvalue weighted by molar-refractivity contribution is 5.60. The quantitative estimate of drug-likeness (QED) is 0.463. The Bertz CT molecular complexity index is 1210. The van der Waals surface area contributed by atoms with Gasteiger partial charge in [0.2, 0.25) is 0 Å². The van der Waals surface area contributed by atoms with E-state index in [0.717, 1.165) is 24.3 Å². The largest absolute Gasteiger partial charge is 0.382 e. The van der Waals surface area contributed by atoms with Crippen LogP contribution in [-0.4, -0.2) is 25.0 Å². The Morgan fingerprint density at radius 3 is 2.65 bits per heavy atom. The summed E-state index contributed by atoms with van der Waals surface area (Å²) in [5.41, 5.74) is -2.53. The third-order valence-corrected chi connectivity index (χ3v) is 5.16. The summed E-state index contributed by atoms with van der Waals surface area (Å²) in [5.74, 6) is -4.70. The first-order chi connectivity index (χ1) is 14.8. The van der Waals surface area contributed by atoms with Crippen molar-refractivity contribution in [1.82, 2.24) is 19.9 Å². The first-order valence-electron chi connectivity index (χ1n) is 9.21. The average Bonchev–Trinajstić information content (AvgIpc) is 3.43. The van der Waals surface area contributed by atoms with Gasteiger partial charge in [-0.2, -0.15) is 5.10 Å². The van der Waals surface area contributed by atoms with E-state index in [9.17, 15) is 22.7 Å². The van der Waals surface area contributed by atoms with Crippen LogP contribution in [0.15, 0.2) is 59.6 Å². The Morgan fingerprint density at radius 1 is 1.10 bits per heavy atom. The number of hydrogen-bond donors (Lipinski definition) is 1. The van der Waals surface area contributed by atoms with E-state index in [1.807, 2.05) is 0 Å². The lowest BCUT2D eigenvalue weighted by atomic mass is 9.80. The summed E-state index contributed by atoms with van der Waals surface area (Å²) in [7, 11) is 0. The van der Waals surface area contributed by atoms with E-state index in [2.05, 4.69) is 15.2 Å². The third-order valence-electron chi connectivity index (χ3n) is 5.16. The molecule has 2 aromatic heterocycles. The van der Waals surface area contributed by atoms with Crippen LogP contribution in [0, 0.1) is 23.3 Å². The maximum Gasteiger partial charge on any atom is 0.168 e. The normalized spacial score (nSPS) is 14.4. The SMILES string of the molecule is C[C@@H](c1cc(-c2cccc(F)c2F)no1)[C@](O)(Cn1cncn1)c1cc(F)ccc1F. The fourth-order valence-electron chi connectivity index (χ4n) is 3.40. The van der Waals surface area contributed by atoms with Gasteiger partial charge in [0, 0.05) is 17.2 Å². The van der Waals surface area contributed by atoms with E-state index >= 15 is 0 Å². The highest BCUT2D eigenvalue weighted by Gasteiger charge is 2.42. The Hall–Kier alpha value is -3.53. The number of halogens is 4. The maximum atomic E-state index is 14.6. The highest BCUT2D eigenvalue weighted by atomic mass is 19.2. The summed E-state index contributed by atoms with van der Waals surface area (Å²) in [4.78, 5) is 3.79. The lowest BCUT2D eigenvalue weighted by molar-refractivity contribution is -0.0183. The van der Waals surface area contributed by atoms with E-state index in [4.69, 9.17) is 4.52 Å². The molecule has 1 N–H and O–H groups in total. The van der Waals surface area contributed by atoms with Crippen molar-refractivity contribution in [3.63, 3.8) is 0 Å². The smallest absolute Gasteiger partial charge is 0.168 e. The minimum absolute atomic E-state index is 0.0123. The monoisotopic (exact) mass is 432 g/mol. The molecular formula is C21H16F4N4O2. The summed E-state index contributed by atoms with van der Waals surface area (Å²) in [6.07, 6.45) is 2.54. The van der Waals surface area contributed by atoms with Crippen molar-refractivity contribution in [3.8, 4) is 11.3 Å². The van der Waals surface area contributed by atoms with Crippen LogP contribution in [0.25, 0.3) is 11.3 Å². The summed E-state index contributed by atoms with van der Waals surface area (Å²) in [6, 6.07) is 7.62. The molecule has 4 aromatic rings. The molecule has 0 aliphatic heterocycles. The van der Waals surface area contributed by atoms with Crippen molar-refractivity contribution < 1.29 is 27.2 Å². The van der Waals surface area contributed by atoms with E-state index in [0.29, 0.717) is 0 Å². The molecule has 0 saturated carbocycles. The first kappa shape index (κ1) is 20.7. The number of benzene rings is 2. The minimum Gasteiger partial charge on any atom is -0.382 e. The molecule has 0 amide bonds. The van der Waals surface area contributed by atoms with E-state index in [1.54, 1.807) is 0 Å². The third kappa shape index (κ3) is 3.81. The summed E-state index contributed by atoms with van der Waals surface area (Å²) in [6.45, 7) is 1.21. The zero-order valence-electron chi connectivity index (χ0n) is 16.1. The summed E-state index contributed by atoms with van der Waals surface area (Å²) in [5, 5.41) is 19.2. The molecule has 0 unspecified atom stereocenters. The Morgan fingerprint density at radius 2 is 1.90 bits per heavy atom. The van der Waals surface area contributed by atoms with Crippen molar-refractivity contribution in [1.29, 1.82) is 0 Å². The molecule has 31 heavy (non-hydrogen) atoms. The highest BCUT2D eigenvalue weighted by Crippen LogP contribution is 2.41. The maximum absolute atomic E-state index is 14.6. The standard InChI is InChI=1S/C21H16F4N4O2/c1-12(19-8-18(28-31-19)14-3-2-4-17(24)20(14)25)21(30,9-29-11-26-10-27-29)15-7-13(22)5-6-16(15)23/h2-8,10-12,30H,9H2,1H3/t12-,21+/m0/s1. The topological polar surface area (TPSA) is 77.0 Å². The summed E-state index contributed by atoms with van der Waals surface area (Å²) >= 11 is 0. The lowest BCUT2D eigenvalue weighted by Gasteiger charge is -2.33. The predicted molar refractivity (Wildman–Crippen MR) is 101 cm³/mol. The van der Waals surface area contributed by atoms with Gasteiger partial charge >= 0.3 is 0 Å². The zero-order valence-corrected chi connectivity index (χ0v) is 16.1. The van der Waals surface area contributed by atoms with Crippen LogP contribution in [0.4, 0.5) is 17.6 Å². The molecule has 10 heteroatoms. The van der Waals surface area contributed by atoms with Gasteiger partial charge in [0.05, 0.1) is 12.5 Å². The van der Waals surface area contributed by atoms with Crippen molar-refractivity contribution >= 4 is 0 Å². The molecule has 2 heterocycles. The molecule has 4 rings (SSSR count). The molecule has 0 aliphatic rings. The van der Waals surface area contributed by atoms with Gasteiger partial charge in [0.1, 0.15) is 41.3 Å². The number of rotatable bonds is 6.